The molecule has 5 heteroatoms. The number of thioether (sulfide) groups is 1. The molecular formula is C14H17N3OS. The molecule has 0 unspecified atom stereocenters. The molecule has 0 bridgehead atoms. The number of ether oxygens (including phenoxy) is 1. The largest absolute Gasteiger partial charge is 0.385 e. The van der Waals surface area contributed by atoms with Crippen LogP contribution in [0, 0.1) is 5.41 Å². The van der Waals surface area contributed by atoms with E-state index in [4.69, 9.17) is 15.9 Å². The van der Waals surface area contributed by atoms with Gasteiger partial charge in [-0.3, -0.25) is 10.4 Å². The SMILES string of the molecule is COCCCSc1c(C(=N)N)cnc2ccccc12. The number of para-hydroxylation sites is 1. The Kier molecular flexibility index (Phi) is 4.76. The Bertz CT molecular complexity index is 586. The minimum Gasteiger partial charge on any atom is -0.385 e. The van der Waals surface area contributed by atoms with Crippen LogP contribution in [0.2, 0.25) is 0 Å². The van der Waals surface area contributed by atoms with E-state index < -0.39 is 0 Å². The summed E-state index contributed by atoms with van der Waals surface area (Å²) in [7, 11) is 1.70. The van der Waals surface area contributed by atoms with E-state index in [9.17, 15) is 0 Å². The average molecular weight is 275 g/mol. The van der Waals surface area contributed by atoms with E-state index in [2.05, 4.69) is 4.98 Å². The van der Waals surface area contributed by atoms with Crippen LogP contribution in [-0.2, 0) is 4.74 Å². The van der Waals surface area contributed by atoms with Crippen molar-refractivity contribution in [1.82, 2.24) is 4.98 Å². The minimum atomic E-state index is 0.0625. The van der Waals surface area contributed by atoms with E-state index in [0.29, 0.717) is 5.56 Å². The summed E-state index contributed by atoms with van der Waals surface area (Å²) in [4.78, 5) is 5.38. The van der Waals surface area contributed by atoms with Gasteiger partial charge >= 0.3 is 0 Å². The second-order valence-electron chi connectivity index (χ2n) is 4.13. The van der Waals surface area contributed by atoms with Gasteiger partial charge in [-0.05, 0) is 12.5 Å². The molecule has 1 aromatic carbocycles. The molecule has 2 rings (SSSR count). The maximum absolute atomic E-state index is 7.67. The molecule has 19 heavy (non-hydrogen) atoms. The van der Waals surface area contributed by atoms with Crippen LogP contribution in [-0.4, -0.2) is 30.3 Å². The standard InChI is InChI=1S/C14H17N3OS/c1-18-7-4-8-19-13-10-5-2-3-6-12(10)17-9-11(13)14(15)16/h2-3,5-6,9H,4,7-8H2,1H3,(H3,15,16). The molecule has 2 aromatic rings. The molecular weight excluding hydrogens is 258 g/mol. The molecule has 1 aromatic heterocycles. The monoisotopic (exact) mass is 275 g/mol. The van der Waals surface area contributed by atoms with Crippen molar-refractivity contribution in [2.45, 2.75) is 11.3 Å². The third-order valence-electron chi connectivity index (χ3n) is 2.76. The van der Waals surface area contributed by atoms with E-state index in [0.717, 1.165) is 34.6 Å². The lowest BCUT2D eigenvalue weighted by Gasteiger charge is -2.11. The first-order chi connectivity index (χ1) is 9.24. The summed E-state index contributed by atoms with van der Waals surface area (Å²) < 4.78 is 5.05. The highest BCUT2D eigenvalue weighted by Crippen LogP contribution is 2.30. The molecule has 0 saturated carbocycles. The smallest absolute Gasteiger partial charge is 0.125 e. The van der Waals surface area contributed by atoms with Crippen LogP contribution < -0.4 is 5.73 Å². The third-order valence-corrected chi connectivity index (χ3v) is 3.98. The zero-order valence-corrected chi connectivity index (χ0v) is 11.7. The summed E-state index contributed by atoms with van der Waals surface area (Å²) in [5, 5.41) is 8.72. The maximum Gasteiger partial charge on any atom is 0.125 e. The fourth-order valence-electron chi connectivity index (χ4n) is 1.84. The van der Waals surface area contributed by atoms with Gasteiger partial charge in [-0.25, -0.2) is 0 Å². The number of fused-ring (bicyclic) bond motifs is 1. The first-order valence-electron chi connectivity index (χ1n) is 6.08. The van der Waals surface area contributed by atoms with Gasteiger partial charge in [0.15, 0.2) is 0 Å². The number of methoxy groups -OCH3 is 1. The summed E-state index contributed by atoms with van der Waals surface area (Å²) in [5.41, 5.74) is 7.28. The zero-order chi connectivity index (χ0) is 13.7. The number of hydrogen-bond acceptors (Lipinski definition) is 4. The predicted octanol–water partition coefficient (Wildman–Crippen LogP) is 2.65. The minimum absolute atomic E-state index is 0.0625. The molecule has 0 fully saturated rings. The fraction of sp³-hybridized carbons (Fsp3) is 0.286. The summed E-state index contributed by atoms with van der Waals surface area (Å²) in [5.74, 6) is 0.995. The molecule has 0 aliphatic heterocycles. The second-order valence-corrected chi connectivity index (χ2v) is 5.23. The van der Waals surface area contributed by atoms with Crippen LogP contribution in [0.5, 0.6) is 0 Å². The van der Waals surface area contributed by atoms with Crippen molar-refractivity contribution in [1.29, 1.82) is 5.41 Å². The molecule has 0 radical (unpaired) electrons. The van der Waals surface area contributed by atoms with Gasteiger partial charge in [-0.15, -0.1) is 11.8 Å². The molecule has 100 valence electrons. The number of benzene rings is 1. The van der Waals surface area contributed by atoms with Crippen molar-refractivity contribution in [2.24, 2.45) is 5.73 Å². The van der Waals surface area contributed by atoms with E-state index in [1.165, 1.54) is 0 Å². The van der Waals surface area contributed by atoms with Crippen LogP contribution in [0.1, 0.15) is 12.0 Å². The zero-order valence-electron chi connectivity index (χ0n) is 10.8. The van der Waals surface area contributed by atoms with E-state index in [1.54, 1.807) is 25.1 Å². The Hall–Kier alpha value is -1.59. The van der Waals surface area contributed by atoms with Crippen LogP contribution in [0.25, 0.3) is 10.9 Å². The van der Waals surface area contributed by atoms with Gasteiger partial charge in [-0.2, -0.15) is 0 Å². The number of amidine groups is 1. The number of rotatable bonds is 6. The quantitative estimate of drug-likeness (QED) is 0.368. The Labute approximate surface area is 116 Å². The van der Waals surface area contributed by atoms with Gasteiger partial charge in [-0.1, -0.05) is 18.2 Å². The van der Waals surface area contributed by atoms with Gasteiger partial charge < -0.3 is 10.5 Å². The summed E-state index contributed by atoms with van der Waals surface area (Å²) in [6, 6.07) is 7.93. The first-order valence-corrected chi connectivity index (χ1v) is 7.06. The van der Waals surface area contributed by atoms with Gasteiger partial charge in [0, 0.05) is 41.5 Å². The van der Waals surface area contributed by atoms with Crippen molar-refractivity contribution < 1.29 is 4.74 Å². The average Bonchev–Trinajstić information content (AvgIpc) is 2.43. The predicted molar refractivity (Wildman–Crippen MR) is 80.0 cm³/mol. The summed E-state index contributed by atoms with van der Waals surface area (Å²) in [6.07, 6.45) is 2.65. The van der Waals surface area contributed by atoms with Crippen LogP contribution in [0.3, 0.4) is 0 Å². The lowest BCUT2D eigenvalue weighted by atomic mass is 10.1. The lowest BCUT2D eigenvalue weighted by Crippen LogP contribution is -2.13. The number of aromatic nitrogens is 1. The molecule has 0 saturated heterocycles. The third kappa shape index (κ3) is 3.24. The van der Waals surface area contributed by atoms with Crippen molar-refractivity contribution in [3.63, 3.8) is 0 Å². The highest BCUT2D eigenvalue weighted by Gasteiger charge is 2.11. The molecule has 0 aliphatic carbocycles. The Morgan fingerprint density at radius 1 is 1.42 bits per heavy atom. The van der Waals surface area contributed by atoms with E-state index in [1.807, 2.05) is 24.3 Å². The van der Waals surface area contributed by atoms with Crippen molar-refractivity contribution in [3.05, 3.63) is 36.0 Å². The molecule has 4 nitrogen and oxygen atoms in total. The van der Waals surface area contributed by atoms with Crippen LogP contribution in [0.4, 0.5) is 0 Å². The number of hydrogen-bond donors (Lipinski definition) is 2. The molecule has 3 N–H and O–H groups in total. The highest BCUT2D eigenvalue weighted by molar-refractivity contribution is 7.99. The van der Waals surface area contributed by atoms with E-state index in [-0.39, 0.29) is 5.84 Å². The maximum atomic E-state index is 7.67. The number of pyridine rings is 1. The number of nitrogens with zero attached hydrogens (tertiary/aromatic N) is 1. The van der Waals surface area contributed by atoms with Gasteiger partial charge in [0.1, 0.15) is 5.84 Å². The molecule has 0 aliphatic rings. The molecule has 0 spiro atoms. The molecule has 0 atom stereocenters. The number of nitrogens with one attached hydrogen (secondary N) is 1. The first kappa shape index (κ1) is 13.8. The summed E-state index contributed by atoms with van der Waals surface area (Å²) >= 11 is 1.70. The molecule has 0 amide bonds. The normalized spacial score (nSPS) is 10.8. The summed E-state index contributed by atoms with van der Waals surface area (Å²) in [6.45, 7) is 0.741. The van der Waals surface area contributed by atoms with Crippen molar-refractivity contribution >= 4 is 28.5 Å². The van der Waals surface area contributed by atoms with Crippen LogP contribution in [0.15, 0.2) is 35.4 Å². The Balaban J connectivity index is 2.35. The lowest BCUT2D eigenvalue weighted by molar-refractivity contribution is 0.200. The van der Waals surface area contributed by atoms with Gasteiger partial charge in [0.25, 0.3) is 0 Å². The number of nitrogens with two attached hydrogens (primary N) is 1. The van der Waals surface area contributed by atoms with Gasteiger partial charge in [0.05, 0.1) is 5.52 Å². The van der Waals surface area contributed by atoms with Gasteiger partial charge in [0.2, 0.25) is 0 Å². The Morgan fingerprint density at radius 3 is 2.95 bits per heavy atom. The van der Waals surface area contributed by atoms with Crippen LogP contribution >= 0.6 is 11.8 Å². The topological polar surface area (TPSA) is 72.0 Å². The fourth-order valence-corrected chi connectivity index (χ4v) is 2.95. The Morgan fingerprint density at radius 2 is 2.21 bits per heavy atom. The van der Waals surface area contributed by atoms with Crippen molar-refractivity contribution in [3.8, 4) is 0 Å². The highest BCUT2D eigenvalue weighted by atomic mass is 32.2. The van der Waals surface area contributed by atoms with E-state index >= 15 is 0 Å². The second kappa shape index (κ2) is 6.54. The molecule has 1 heterocycles. The van der Waals surface area contributed by atoms with Crippen molar-refractivity contribution in [2.75, 3.05) is 19.5 Å². The number of nitrogen functional groups attached to an aromatic ring is 1.